The molecule has 31 heavy (non-hydrogen) atoms. The molecule has 0 unspecified atom stereocenters. The van der Waals surface area contributed by atoms with Crippen molar-refractivity contribution in [3.63, 3.8) is 0 Å². The van der Waals surface area contributed by atoms with Crippen LogP contribution < -0.4 is 25.8 Å². The average molecular weight is 450 g/mol. The number of aromatic nitrogens is 2. The summed E-state index contributed by atoms with van der Waals surface area (Å²) in [5.74, 6) is -0.00773. The van der Waals surface area contributed by atoms with E-state index in [1.165, 1.54) is 13.2 Å². The normalized spacial score (nSPS) is 10.7. The lowest BCUT2D eigenvalue weighted by Crippen LogP contribution is -2.32. The Kier molecular flexibility index (Phi) is 7.63. The van der Waals surface area contributed by atoms with Gasteiger partial charge in [-0.05, 0) is 28.0 Å². The fourth-order valence-electron chi connectivity index (χ4n) is 2.68. The Bertz CT molecular complexity index is 1050. The van der Waals surface area contributed by atoms with Crippen LogP contribution in [0.1, 0.15) is 21.6 Å². The zero-order chi connectivity index (χ0) is 22.2. The number of nitrogens with two attached hydrogens (primary N) is 1. The maximum absolute atomic E-state index is 13.8. The number of anilines is 1. The first-order valence-electron chi connectivity index (χ1n) is 9.29. The van der Waals surface area contributed by atoms with E-state index in [9.17, 15) is 9.18 Å². The Labute approximate surface area is 182 Å². The van der Waals surface area contributed by atoms with Gasteiger partial charge in [0.1, 0.15) is 12.4 Å². The summed E-state index contributed by atoms with van der Waals surface area (Å²) in [6, 6.07) is 9.74. The Morgan fingerprint density at radius 3 is 2.71 bits per heavy atom. The molecule has 0 aliphatic carbocycles. The zero-order valence-electron chi connectivity index (χ0n) is 16.7. The number of nitrogens with one attached hydrogen (secondary N) is 2. The summed E-state index contributed by atoms with van der Waals surface area (Å²) in [7, 11) is 1.51. The summed E-state index contributed by atoms with van der Waals surface area (Å²) in [5, 5.41) is 13.0. The summed E-state index contributed by atoms with van der Waals surface area (Å²) < 4.78 is 29.2. The van der Waals surface area contributed by atoms with Gasteiger partial charge in [0.2, 0.25) is 11.5 Å². The first kappa shape index (κ1) is 22.3. The topological polar surface area (TPSA) is 125 Å². The van der Waals surface area contributed by atoms with E-state index in [0.717, 1.165) is 5.56 Å². The third-order valence-electron chi connectivity index (χ3n) is 4.31. The first-order valence-corrected chi connectivity index (χ1v) is 9.67. The molecule has 0 saturated carbocycles. The van der Waals surface area contributed by atoms with Crippen molar-refractivity contribution in [2.45, 2.75) is 13.2 Å². The second-order valence-electron chi connectivity index (χ2n) is 6.41. The van der Waals surface area contributed by atoms with E-state index in [1.54, 1.807) is 30.3 Å². The summed E-state index contributed by atoms with van der Waals surface area (Å²) in [6.45, 7) is 1.25. The number of hydrogen-bond acceptors (Lipinski definition) is 8. The van der Waals surface area contributed by atoms with Gasteiger partial charge in [-0.3, -0.25) is 4.79 Å². The van der Waals surface area contributed by atoms with E-state index >= 15 is 0 Å². The SMILES string of the molecule is COc1cc(CNCCNC(=O)c2nonc2N)c(Cl)cc1OCc1ccccc1F. The number of rotatable bonds is 10. The molecule has 3 rings (SSSR count). The minimum Gasteiger partial charge on any atom is -0.493 e. The van der Waals surface area contributed by atoms with Gasteiger partial charge in [0.15, 0.2) is 11.5 Å². The molecule has 1 aromatic heterocycles. The van der Waals surface area contributed by atoms with Gasteiger partial charge in [0.25, 0.3) is 5.91 Å². The fourth-order valence-corrected chi connectivity index (χ4v) is 2.90. The van der Waals surface area contributed by atoms with E-state index in [2.05, 4.69) is 25.6 Å². The molecule has 0 fully saturated rings. The summed E-state index contributed by atoms with van der Waals surface area (Å²) in [5.41, 5.74) is 6.61. The van der Waals surface area contributed by atoms with Crippen molar-refractivity contribution in [3.8, 4) is 11.5 Å². The van der Waals surface area contributed by atoms with Crippen LogP contribution in [-0.2, 0) is 13.2 Å². The molecule has 0 spiro atoms. The van der Waals surface area contributed by atoms with Gasteiger partial charge in [0, 0.05) is 36.3 Å². The smallest absolute Gasteiger partial charge is 0.277 e. The number of carbonyl (C=O) groups is 1. The van der Waals surface area contributed by atoms with Crippen molar-refractivity contribution in [2.24, 2.45) is 0 Å². The monoisotopic (exact) mass is 449 g/mol. The van der Waals surface area contributed by atoms with Crippen molar-refractivity contribution in [1.82, 2.24) is 20.9 Å². The highest BCUT2D eigenvalue weighted by Crippen LogP contribution is 2.34. The molecule has 1 heterocycles. The molecular weight excluding hydrogens is 429 g/mol. The Morgan fingerprint density at radius 1 is 1.19 bits per heavy atom. The molecule has 4 N–H and O–H groups in total. The summed E-state index contributed by atoms with van der Waals surface area (Å²) in [4.78, 5) is 11.9. The number of nitrogen functional groups attached to an aromatic ring is 1. The minimum atomic E-state index is -0.475. The largest absolute Gasteiger partial charge is 0.493 e. The second kappa shape index (κ2) is 10.6. The highest BCUT2D eigenvalue weighted by atomic mass is 35.5. The van der Waals surface area contributed by atoms with E-state index < -0.39 is 5.91 Å². The summed E-state index contributed by atoms with van der Waals surface area (Å²) >= 11 is 6.36. The average Bonchev–Trinajstić information content (AvgIpc) is 3.19. The van der Waals surface area contributed by atoms with Crippen LogP contribution in [0.3, 0.4) is 0 Å². The van der Waals surface area contributed by atoms with Crippen molar-refractivity contribution >= 4 is 23.3 Å². The van der Waals surface area contributed by atoms with E-state index in [0.29, 0.717) is 41.7 Å². The molecule has 0 aliphatic heterocycles. The number of halogens is 2. The van der Waals surface area contributed by atoms with Crippen LogP contribution in [0.25, 0.3) is 0 Å². The van der Waals surface area contributed by atoms with Gasteiger partial charge < -0.3 is 25.8 Å². The molecule has 1 amide bonds. The van der Waals surface area contributed by atoms with Crippen molar-refractivity contribution in [1.29, 1.82) is 0 Å². The van der Waals surface area contributed by atoms with Crippen LogP contribution in [0.2, 0.25) is 5.02 Å². The van der Waals surface area contributed by atoms with E-state index in [1.807, 2.05) is 0 Å². The van der Waals surface area contributed by atoms with Gasteiger partial charge in [-0.15, -0.1) is 0 Å². The second-order valence-corrected chi connectivity index (χ2v) is 6.81. The quantitative estimate of drug-likeness (QED) is 0.403. The van der Waals surface area contributed by atoms with Crippen LogP contribution >= 0.6 is 11.6 Å². The third-order valence-corrected chi connectivity index (χ3v) is 4.66. The Balaban J connectivity index is 1.51. The van der Waals surface area contributed by atoms with E-state index in [-0.39, 0.29) is 23.9 Å². The number of nitrogens with zero attached hydrogens (tertiary/aromatic N) is 2. The molecular formula is C20H21ClFN5O4. The zero-order valence-corrected chi connectivity index (χ0v) is 17.4. The predicted molar refractivity (Wildman–Crippen MR) is 111 cm³/mol. The number of methoxy groups -OCH3 is 1. The lowest BCUT2D eigenvalue weighted by atomic mass is 10.2. The Morgan fingerprint density at radius 2 is 2.00 bits per heavy atom. The van der Waals surface area contributed by atoms with Crippen molar-refractivity contribution in [2.75, 3.05) is 25.9 Å². The standard InChI is InChI=1S/C20H21ClFN5O4/c1-29-16-8-13(10-24-6-7-25-20(28)18-19(23)27-31-26-18)14(21)9-17(16)30-11-12-4-2-3-5-15(12)22/h2-5,8-9,24H,6-7,10-11H2,1H3,(H2,23,27)(H,25,28). The van der Waals surface area contributed by atoms with Crippen LogP contribution in [0.15, 0.2) is 41.0 Å². The maximum atomic E-state index is 13.8. The predicted octanol–water partition coefficient (Wildman–Crippen LogP) is 2.55. The first-order chi connectivity index (χ1) is 15.0. The van der Waals surface area contributed by atoms with Crippen molar-refractivity contribution < 1.29 is 23.3 Å². The lowest BCUT2D eigenvalue weighted by molar-refractivity contribution is 0.0944. The molecule has 2 aromatic carbocycles. The van der Waals surface area contributed by atoms with Crippen LogP contribution in [0, 0.1) is 5.82 Å². The molecule has 0 radical (unpaired) electrons. The van der Waals surface area contributed by atoms with Gasteiger partial charge in [-0.2, -0.15) is 0 Å². The molecule has 0 bridgehead atoms. The summed E-state index contributed by atoms with van der Waals surface area (Å²) in [6.07, 6.45) is 0. The number of ether oxygens (including phenoxy) is 2. The van der Waals surface area contributed by atoms with E-state index in [4.69, 9.17) is 26.8 Å². The van der Waals surface area contributed by atoms with Gasteiger partial charge in [-0.25, -0.2) is 9.02 Å². The van der Waals surface area contributed by atoms with Gasteiger partial charge in [-0.1, -0.05) is 29.8 Å². The van der Waals surface area contributed by atoms with Crippen molar-refractivity contribution in [3.05, 3.63) is 64.1 Å². The highest BCUT2D eigenvalue weighted by Gasteiger charge is 2.15. The van der Waals surface area contributed by atoms with Gasteiger partial charge >= 0.3 is 0 Å². The highest BCUT2D eigenvalue weighted by molar-refractivity contribution is 6.31. The fraction of sp³-hybridized carbons (Fsp3) is 0.250. The number of carbonyl (C=O) groups excluding carboxylic acids is 1. The third kappa shape index (κ3) is 5.83. The minimum absolute atomic E-state index is 0.0439. The molecule has 0 aliphatic rings. The number of hydrogen-bond donors (Lipinski definition) is 3. The molecule has 11 heteroatoms. The molecule has 3 aromatic rings. The lowest BCUT2D eigenvalue weighted by Gasteiger charge is -2.14. The number of amides is 1. The molecule has 0 atom stereocenters. The molecule has 9 nitrogen and oxygen atoms in total. The van der Waals surface area contributed by atoms with Gasteiger partial charge in [0.05, 0.1) is 7.11 Å². The Hall–Kier alpha value is -3.37. The van der Waals surface area contributed by atoms with Crippen LogP contribution in [0.5, 0.6) is 11.5 Å². The van der Waals surface area contributed by atoms with Crippen LogP contribution in [0.4, 0.5) is 10.2 Å². The number of benzene rings is 2. The maximum Gasteiger partial charge on any atom is 0.277 e. The molecule has 164 valence electrons. The molecule has 0 saturated heterocycles. The van der Waals surface area contributed by atoms with Crippen LogP contribution in [-0.4, -0.2) is 36.4 Å².